The molecule has 0 radical (unpaired) electrons. The van der Waals surface area contributed by atoms with E-state index in [0.29, 0.717) is 41.4 Å². The zero-order valence-corrected chi connectivity index (χ0v) is 16.8. The molecule has 0 fully saturated rings. The Morgan fingerprint density at radius 3 is 2.81 bits per heavy atom. The van der Waals surface area contributed by atoms with Crippen molar-refractivity contribution < 1.29 is 14.0 Å². The van der Waals surface area contributed by atoms with E-state index in [1.165, 1.54) is 6.39 Å². The number of benzene rings is 2. The summed E-state index contributed by atoms with van der Waals surface area (Å²) in [5.41, 5.74) is 3.21. The highest BCUT2D eigenvalue weighted by atomic mass is 16.4. The third-order valence-corrected chi connectivity index (χ3v) is 4.66. The van der Waals surface area contributed by atoms with Gasteiger partial charge in [-0.2, -0.15) is 0 Å². The number of aromatic nitrogens is 4. The van der Waals surface area contributed by atoms with Crippen molar-refractivity contribution in [1.29, 1.82) is 0 Å². The van der Waals surface area contributed by atoms with Crippen LogP contribution in [0.15, 0.2) is 72.0 Å². The van der Waals surface area contributed by atoms with Crippen molar-refractivity contribution in [3.8, 4) is 11.5 Å². The van der Waals surface area contributed by atoms with E-state index in [-0.39, 0.29) is 11.8 Å². The van der Waals surface area contributed by atoms with Gasteiger partial charge >= 0.3 is 0 Å². The summed E-state index contributed by atoms with van der Waals surface area (Å²) in [5.74, 6) is -0.0643. The number of hydrogen-bond donors (Lipinski definition) is 2. The molecule has 0 atom stereocenters. The second-order valence-corrected chi connectivity index (χ2v) is 6.91. The summed E-state index contributed by atoms with van der Waals surface area (Å²) in [5, 5.41) is 13.3. The van der Waals surface area contributed by atoms with Gasteiger partial charge in [-0.05, 0) is 42.8 Å². The molecule has 0 aliphatic heterocycles. The SMILES string of the molecule is Cc1ccc(-c2nnco2)cc1NC(=O)c1cccc(NC(=O)CCn2ccnc2)c1. The molecule has 0 aliphatic carbocycles. The van der Waals surface area contributed by atoms with Gasteiger partial charge < -0.3 is 19.6 Å². The minimum absolute atomic E-state index is 0.144. The van der Waals surface area contributed by atoms with Crippen LogP contribution < -0.4 is 10.6 Å². The minimum atomic E-state index is -0.291. The average Bonchev–Trinajstić information content (AvgIpc) is 3.48. The maximum Gasteiger partial charge on any atom is 0.255 e. The van der Waals surface area contributed by atoms with Crippen LogP contribution in [-0.4, -0.2) is 31.6 Å². The third-order valence-electron chi connectivity index (χ3n) is 4.66. The quantitative estimate of drug-likeness (QED) is 0.476. The van der Waals surface area contributed by atoms with Gasteiger partial charge in [-0.1, -0.05) is 12.1 Å². The number of aryl methyl sites for hydroxylation is 2. The van der Waals surface area contributed by atoms with Gasteiger partial charge in [0.15, 0.2) is 0 Å². The highest BCUT2D eigenvalue weighted by Gasteiger charge is 2.12. The molecular formula is C22H20N6O3. The highest BCUT2D eigenvalue weighted by molar-refractivity contribution is 6.06. The normalized spacial score (nSPS) is 10.6. The monoisotopic (exact) mass is 416 g/mol. The minimum Gasteiger partial charge on any atom is -0.423 e. The first kappa shape index (κ1) is 20.0. The summed E-state index contributed by atoms with van der Waals surface area (Å²) in [6.07, 6.45) is 6.68. The third kappa shape index (κ3) is 5.02. The molecule has 0 spiro atoms. The molecular weight excluding hydrogens is 396 g/mol. The fraction of sp³-hybridized carbons (Fsp3) is 0.136. The topological polar surface area (TPSA) is 115 Å². The van der Waals surface area contributed by atoms with Crippen molar-refractivity contribution in [3.05, 3.63) is 78.7 Å². The van der Waals surface area contributed by atoms with Crippen LogP contribution in [0.5, 0.6) is 0 Å². The molecule has 0 aliphatic rings. The van der Waals surface area contributed by atoms with Gasteiger partial charge in [0.05, 0.1) is 6.33 Å². The van der Waals surface area contributed by atoms with Crippen molar-refractivity contribution in [2.24, 2.45) is 0 Å². The Labute approximate surface area is 178 Å². The highest BCUT2D eigenvalue weighted by Crippen LogP contribution is 2.24. The molecule has 4 rings (SSSR count). The predicted molar refractivity (Wildman–Crippen MR) is 114 cm³/mol. The smallest absolute Gasteiger partial charge is 0.255 e. The standard InChI is InChI=1S/C22H20N6O3/c1-15-5-6-17(22-27-24-14-31-22)12-19(15)26-21(30)16-3-2-4-18(11-16)25-20(29)7-9-28-10-8-23-13-28/h2-6,8,10-14H,7,9H2,1H3,(H,25,29)(H,26,30). The van der Waals surface area contributed by atoms with E-state index in [0.717, 1.165) is 5.56 Å². The van der Waals surface area contributed by atoms with Gasteiger partial charge in [-0.3, -0.25) is 9.59 Å². The van der Waals surface area contributed by atoms with Crippen LogP contribution in [0.3, 0.4) is 0 Å². The largest absolute Gasteiger partial charge is 0.423 e. The summed E-state index contributed by atoms with van der Waals surface area (Å²) in [6.45, 7) is 2.42. The Bertz CT molecular complexity index is 1190. The number of imidazole rings is 1. The number of amides is 2. The summed E-state index contributed by atoms with van der Waals surface area (Å²) in [6, 6.07) is 12.3. The Morgan fingerprint density at radius 1 is 1.13 bits per heavy atom. The van der Waals surface area contributed by atoms with Crippen molar-refractivity contribution in [2.45, 2.75) is 19.9 Å². The summed E-state index contributed by atoms with van der Waals surface area (Å²) >= 11 is 0. The average molecular weight is 416 g/mol. The lowest BCUT2D eigenvalue weighted by Gasteiger charge is -2.11. The summed E-state index contributed by atoms with van der Waals surface area (Å²) in [4.78, 5) is 29.0. The van der Waals surface area contributed by atoms with E-state index < -0.39 is 0 Å². The molecule has 31 heavy (non-hydrogen) atoms. The molecule has 0 bridgehead atoms. The van der Waals surface area contributed by atoms with Crippen LogP contribution in [0.4, 0.5) is 11.4 Å². The Hall–Kier alpha value is -4.27. The van der Waals surface area contributed by atoms with E-state index in [1.54, 1.807) is 49.1 Å². The number of anilines is 2. The van der Waals surface area contributed by atoms with Crippen molar-refractivity contribution in [3.63, 3.8) is 0 Å². The van der Waals surface area contributed by atoms with Gasteiger partial charge in [0.25, 0.3) is 5.91 Å². The Balaban J connectivity index is 1.42. The molecule has 0 saturated heterocycles. The lowest BCUT2D eigenvalue weighted by Crippen LogP contribution is -2.16. The van der Waals surface area contributed by atoms with E-state index in [9.17, 15) is 9.59 Å². The lowest BCUT2D eigenvalue weighted by molar-refractivity contribution is -0.116. The molecule has 156 valence electrons. The van der Waals surface area contributed by atoms with Crippen LogP contribution in [0.1, 0.15) is 22.3 Å². The van der Waals surface area contributed by atoms with Crippen molar-refractivity contribution in [2.75, 3.05) is 10.6 Å². The zero-order chi connectivity index (χ0) is 21.6. The van der Waals surface area contributed by atoms with Crippen LogP contribution in [-0.2, 0) is 11.3 Å². The first-order valence-corrected chi connectivity index (χ1v) is 9.63. The van der Waals surface area contributed by atoms with Crippen molar-refractivity contribution >= 4 is 23.2 Å². The van der Waals surface area contributed by atoms with Gasteiger partial charge in [0.1, 0.15) is 0 Å². The molecule has 2 amide bonds. The predicted octanol–water partition coefficient (Wildman–Crippen LogP) is 3.52. The zero-order valence-electron chi connectivity index (χ0n) is 16.8. The Kier molecular flexibility index (Phi) is 5.84. The molecule has 2 heterocycles. The second kappa shape index (κ2) is 9.04. The molecule has 0 unspecified atom stereocenters. The number of nitrogens with one attached hydrogen (secondary N) is 2. The van der Waals surface area contributed by atoms with Gasteiger partial charge in [0, 0.05) is 47.9 Å². The number of hydrogen-bond acceptors (Lipinski definition) is 6. The lowest BCUT2D eigenvalue weighted by atomic mass is 10.1. The fourth-order valence-electron chi connectivity index (χ4n) is 2.99. The van der Waals surface area contributed by atoms with Gasteiger partial charge in [0.2, 0.25) is 18.2 Å². The van der Waals surface area contributed by atoms with Crippen LogP contribution in [0.25, 0.3) is 11.5 Å². The summed E-state index contributed by atoms with van der Waals surface area (Å²) < 4.78 is 7.05. The number of nitrogens with zero attached hydrogens (tertiary/aromatic N) is 4. The van der Waals surface area contributed by atoms with Crippen LogP contribution in [0, 0.1) is 6.92 Å². The molecule has 2 aromatic carbocycles. The van der Waals surface area contributed by atoms with E-state index in [4.69, 9.17) is 4.42 Å². The molecule has 9 nitrogen and oxygen atoms in total. The van der Waals surface area contributed by atoms with Gasteiger partial charge in [-0.25, -0.2) is 4.98 Å². The van der Waals surface area contributed by atoms with Crippen LogP contribution in [0.2, 0.25) is 0 Å². The number of carbonyl (C=O) groups excluding carboxylic acids is 2. The maximum atomic E-state index is 12.8. The molecule has 2 N–H and O–H groups in total. The van der Waals surface area contributed by atoms with Gasteiger partial charge in [-0.15, -0.1) is 10.2 Å². The molecule has 9 heteroatoms. The number of rotatable bonds is 7. The van der Waals surface area contributed by atoms with Crippen molar-refractivity contribution in [1.82, 2.24) is 19.7 Å². The maximum absolute atomic E-state index is 12.8. The molecule has 0 saturated carbocycles. The first-order valence-electron chi connectivity index (χ1n) is 9.63. The van der Waals surface area contributed by atoms with Crippen LogP contribution >= 0.6 is 0 Å². The number of carbonyl (C=O) groups is 2. The van der Waals surface area contributed by atoms with E-state index >= 15 is 0 Å². The van der Waals surface area contributed by atoms with E-state index in [1.807, 2.05) is 23.6 Å². The second-order valence-electron chi connectivity index (χ2n) is 6.91. The summed E-state index contributed by atoms with van der Waals surface area (Å²) in [7, 11) is 0. The van der Waals surface area contributed by atoms with E-state index in [2.05, 4.69) is 25.8 Å². The molecule has 4 aromatic rings. The molecule has 2 aromatic heterocycles. The Morgan fingerprint density at radius 2 is 2.03 bits per heavy atom. The first-order chi connectivity index (χ1) is 15.1. The fourth-order valence-corrected chi connectivity index (χ4v) is 2.99.